The van der Waals surface area contributed by atoms with Crippen molar-refractivity contribution in [3.63, 3.8) is 0 Å². The van der Waals surface area contributed by atoms with E-state index in [1.807, 2.05) is 0 Å². The Hall–Kier alpha value is -2.65. The highest BCUT2D eigenvalue weighted by molar-refractivity contribution is 7.92. The van der Waals surface area contributed by atoms with Gasteiger partial charge in [-0.25, -0.2) is 8.42 Å². The molecule has 2 aromatic rings. The van der Waals surface area contributed by atoms with Gasteiger partial charge in [0.05, 0.1) is 15.5 Å². The Balaban J connectivity index is 2.33. The summed E-state index contributed by atoms with van der Waals surface area (Å²) in [6.45, 7) is 0. The number of nitro benzene ring substituents is 1. The summed E-state index contributed by atoms with van der Waals surface area (Å²) in [5, 5.41) is 10.7. The van der Waals surface area contributed by atoms with Gasteiger partial charge in [-0.3, -0.25) is 19.6 Å². The molecule has 0 saturated heterocycles. The normalized spacial score (nSPS) is 11.0. The molecular formula is C13H10ClN3O5S. The summed E-state index contributed by atoms with van der Waals surface area (Å²) in [4.78, 5) is 20.9. The van der Waals surface area contributed by atoms with Crippen LogP contribution in [0.25, 0.3) is 0 Å². The second-order valence-corrected chi connectivity index (χ2v) is 6.51. The smallest absolute Gasteiger partial charge is 0.289 e. The van der Waals surface area contributed by atoms with Gasteiger partial charge in [0.25, 0.3) is 15.7 Å². The van der Waals surface area contributed by atoms with E-state index in [4.69, 9.17) is 17.3 Å². The van der Waals surface area contributed by atoms with Crippen LogP contribution in [0.5, 0.6) is 0 Å². The first-order valence-corrected chi connectivity index (χ1v) is 7.93. The van der Waals surface area contributed by atoms with Crippen LogP contribution < -0.4 is 10.5 Å². The summed E-state index contributed by atoms with van der Waals surface area (Å²) in [5.41, 5.74) is 4.80. The monoisotopic (exact) mass is 355 g/mol. The number of sulfonamides is 1. The fourth-order valence-corrected chi connectivity index (χ4v) is 2.96. The summed E-state index contributed by atoms with van der Waals surface area (Å²) in [6, 6.07) is 8.46. The van der Waals surface area contributed by atoms with Crippen molar-refractivity contribution in [2.75, 3.05) is 4.72 Å². The van der Waals surface area contributed by atoms with Gasteiger partial charge >= 0.3 is 0 Å². The first kappa shape index (κ1) is 16.7. The van der Waals surface area contributed by atoms with Gasteiger partial charge in [0, 0.05) is 11.6 Å². The molecule has 2 rings (SSSR count). The van der Waals surface area contributed by atoms with Crippen LogP contribution in [-0.2, 0) is 10.0 Å². The van der Waals surface area contributed by atoms with Crippen molar-refractivity contribution in [3.8, 4) is 0 Å². The standard InChI is InChI=1S/C13H10ClN3O5S/c14-11-6-3-9(7-12(11)17(19)20)16-23(21,22)10-4-1-8(2-5-10)13(15)18/h1-7,16H,(H2,15,18). The summed E-state index contributed by atoms with van der Waals surface area (Å²) < 4.78 is 26.6. The molecule has 0 spiro atoms. The summed E-state index contributed by atoms with van der Waals surface area (Å²) in [6.07, 6.45) is 0. The molecule has 0 bridgehead atoms. The van der Waals surface area contributed by atoms with Crippen molar-refractivity contribution in [3.05, 3.63) is 63.2 Å². The lowest BCUT2D eigenvalue weighted by molar-refractivity contribution is -0.384. The lowest BCUT2D eigenvalue weighted by atomic mass is 10.2. The lowest BCUT2D eigenvalue weighted by Gasteiger charge is -2.08. The number of nitrogens with zero attached hydrogens (tertiary/aromatic N) is 1. The van der Waals surface area contributed by atoms with Gasteiger partial charge < -0.3 is 5.73 Å². The SMILES string of the molecule is NC(=O)c1ccc(S(=O)(=O)Nc2ccc(Cl)c([N+](=O)[O-])c2)cc1. The predicted molar refractivity (Wildman–Crippen MR) is 83.9 cm³/mol. The molecule has 1 amide bonds. The number of anilines is 1. The van der Waals surface area contributed by atoms with Crippen molar-refractivity contribution in [1.29, 1.82) is 0 Å². The Bertz CT molecular complexity index is 881. The van der Waals surface area contributed by atoms with Crippen molar-refractivity contribution in [1.82, 2.24) is 0 Å². The molecule has 3 N–H and O–H groups in total. The van der Waals surface area contributed by atoms with E-state index in [1.165, 1.54) is 36.4 Å². The molecular weight excluding hydrogens is 346 g/mol. The van der Waals surface area contributed by atoms with Crippen LogP contribution in [0.3, 0.4) is 0 Å². The van der Waals surface area contributed by atoms with Gasteiger partial charge in [-0.05, 0) is 36.4 Å². The molecule has 10 heteroatoms. The number of primary amides is 1. The molecule has 120 valence electrons. The van der Waals surface area contributed by atoms with Crippen LogP contribution in [-0.4, -0.2) is 19.2 Å². The average Bonchev–Trinajstić information content (AvgIpc) is 2.48. The number of nitro groups is 1. The number of hydrogen-bond donors (Lipinski definition) is 2. The molecule has 0 heterocycles. The zero-order valence-electron chi connectivity index (χ0n) is 11.4. The number of hydrogen-bond acceptors (Lipinski definition) is 5. The molecule has 0 saturated carbocycles. The highest BCUT2D eigenvalue weighted by Gasteiger charge is 2.18. The van der Waals surface area contributed by atoms with Gasteiger partial charge in [0.2, 0.25) is 5.91 Å². The lowest BCUT2D eigenvalue weighted by Crippen LogP contribution is -2.14. The Morgan fingerprint density at radius 2 is 1.78 bits per heavy atom. The van der Waals surface area contributed by atoms with Crippen LogP contribution >= 0.6 is 11.6 Å². The minimum absolute atomic E-state index is 0.0138. The number of rotatable bonds is 5. The van der Waals surface area contributed by atoms with Gasteiger partial charge in [-0.1, -0.05) is 11.6 Å². The van der Waals surface area contributed by atoms with Crippen molar-refractivity contribution in [2.45, 2.75) is 4.90 Å². The predicted octanol–water partition coefficient (Wildman–Crippen LogP) is 2.15. The average molecular weight is 356 g/mol. The largest absolute Gasteiger partial charge is 0.366 e. The van der Waals surface area contributed by atoms with Crippen LogP contribution in [0, 0.1) is 10.1 Å². The maximum atomic E-state index is 12.2. The number of benzene rings is 2. The highest BCUT2D eigenvalue weighted by atomic mass is 35.5. The molecule has 0 atom stereocenters. The zero-order valence-corrected chi connectivity index (χ0v) is 13.0. The Kier molecular flexibility index (Phi) is 4.52. The minimum atomic E-state index is -3.98. The second kappa shape index (κ2) is 6.23. The molecule has 0 aromatic heterocycles. The third-order valence-corrected chi connectivity index (χ3v) is 4.56. The van der Waals surface area contributed by atoms with Gasteiger partial charge in [0.1, 0.15) is 5.02 Å². The molecule has 0 aliphatic rings. The highest BCUT2D eigenvalue weighted by Crippen LogP contribution is 2.28. The summed E-state index contributed by atoms with van der Waals surface area (Å²) in [5.74, 6) is -0.685. The Labute approximate surface area is 136 Å². The van der Waals surface area contributed by atoms with E-state index in [1.54, 1.807) is 0 Å². The quantitative estimate of drug-likeness (QED) is 0.626. The van der Waals surface area contributed by atoms with E-state index < -0.39 is 26.5 Å². The van der Waals surface area contributed by atoms with E-state index in [0.29, 0.717) is 0 Å². The first-order chi connectivity index (χ1) is 10.7. The van der Waals surface area contributed by atoms with E-state index in [0.717, 1.165) is 6.07 Å². The Morgan fingerprint density at radius 3 is 2.30 bits per heavy atom. The van der Waals surface area contributed by atoms with Crippen molar-refractivity contribution < 1.29 is 18.1 Å². The van der Waals surface area contributed by atoms with Crippen molar-refractivity contribution in [2.24, 2.45) is 5.73 Å². The van der Waals surface area contributed by atoms with Gasteiger partial charge in [0.15, 0.2) is 0 Å². The van der Waals surface area contributed by atoms with E-state index in [9.17, 15) is 23.3 Å². The van der Waals surface area contributed by atoms with Crippen LogP contribution in [0.4, 0.5) is 11.4 Å². The number of nitrogens with one attached hydrogen (secondary N) is 1. The van der Waals surface area contributed by atoms with Gasteiger partial charge in [-0.2, -0.15) is 0 Å². The van der Waals surface area contributed by atoms with Gasteiger partial charge in [-0.15, -0.1) is 0 Å². The van der Waals surface area contributed by atoms with Crippen LogP contribution in [0.15, 0.2) is 47.4 Å². The number of carbonyl (C=O) groups is 1. The molecule has 23 heavy (non-hydrogen) atoms. The third kappa shape index (κ3) is 3.76. The maximum absolute atomic E-state index is 12.2. The van der Waals surface area contributed by atoms with Crippen LogP contribution in [0.1, 0.15) is 10.4 Å². The van der Waals surface area contributed by atoms with Crippen LogP contribution in [0.2, 0.25) is 5.02 Å². The number of nitrogens with two attached hydrogens (primary N) is 1. The van der Waals surface area contributed by atoms with E-state index in [-0.39, 0.29) is 21.2 Å². The number of carbonyl (C=O) groups excluding carboxylic acids is 1. The molecule has 0 fully saturated rings. The van der Waals surface area contributed by atoms with Crippen molar-refractivity contribution >= 4 is 38.9 Å². The fraction of sp³-hybridized carbons (Fsp3) is 0. The maximum Gasteiger partial charge on any atom is 0.289 e. The van der Waals surface area contributed by atoms with E-state index in [2.05, 4.69) is 4.72 Å². The summed E-state index contributed by atoms with van der Waals surface area (Å²) >= 11 is 5.66. The molecule has 0 radical (unpaired) electrons. The number of amides is 1. The molecule has 0 aliphatic heterocycles. The molecule has 8 nitrogen and oxygen atoms in total. The van der Waals surface area contributed by atoms with E-state index >= 15 is 0 Å². The molecule has 0 unspecified atom stereocenters. The topological polar surface area (TPSA) is 132 Å². The minimum Gasteiger partial charge on any atom is -0.366 e. The molecule has 2 aromatic carbocycles. The summed E-state index contributed by atoms with van der Waals surface area (Å²) in [7, 11) is -3.98. The first-order valence-electron chi connectivity index (χ1n) is 6.07. The molecule has 0 aliphatic carbocycles. The zero-order chi connectivity index (χ0) is 17.2. The third-order valence-electron chi connectivity index (χ3n) is 2.84. The Morgan fingerprint density at radius 1 is 1.17 bits per heavy atom. The second-order valence-electron chi connectivity index (χ2n) is 4.42. The number of halogens is 1. The fourth-order valence-electron chi connectivity index (χ4n) is 1.73.